The summed E-state index contributed by atoms with van der Waals surface area (Å²) in [6.45, 7) is 0.288. The molecule has 0 spiro atoms. The van der Waals surface area contributed by atoms with Crippen LogP contribution in [-0.4, -0.2) is 27.9 Å². The SMILES string of the molecule is O=C(Nc1ccc(-n2ccnc2)c(F)c1)C1CC(=O)N(c2cccc(Br)c2)C1. The summed E-state index contributed by atoms with van der Waals surface area (Å²) in [6.07, 6.45) is 4.81. The molecule has 0 radical (unpaired) electrons. The minimum absolute atomic E-state index is 0.111. The van der Waals surface area contributed by atoms with Crippen LogP contribution in [0.5, 0.6) is 0 Å². The quantitative estimate of drug-likeness (QED) is 0.668. The molecular weight excluding hydrogens is 427 g/mol. The first-order valence-electron chi connectivity index (χ1n) is 8.66. The molecule has 1 aliphatic heterocycles. The number of nitrogens with zero attached hydrogens (tertiary/aromatic N) is 3. The molecule has 2 aromatic carbocycles. The molecular formula is C20H16BrFN4O2. The highest BCUT2D eigenvalue weighted by molar-refractivity contribution is 9.10. The van der Waals surface area contributed by atoms with Crippen molar-refractivity contribution in [3.05, 3.63) is 71.5 Å². The smallest absolute Gasteiger partial charge is 0.229 e. The highest BCUT2D eigenvalue weighted by Gasteiger charge is 2.35. The van der Waals surface area contributed by atoms with Gasteiger partial charge in [-0.1, -0.05) is 22.0 Å². The van der Waals surface area contributed by atoms with Gasteiger partial charge in [0.1, 0.15) is 5.82 Å². The number of aromatic nitrogens is 2. The van der Waals surface area contributed by atoms with Crippen molar-refractivity contribution in [2.45, 2.75) is 6.42 Å². The van der Waals surface area contributed by atoms with Gasteiger partial charge in [0.25, 0.3) is 0 Å². The molecule has 142 valence electrons. The fraction of sp³-hybridized carbons (Fsp3) is 0.150. The van der Waals surface area contributed by atoms with Crippen molar-refractivity contribution in [3.8, 4) is 5.69 Å². The van der Waals surface area contributed by atoms with Crippen molar-refractivity contribution in [2.24, 2.45) is 5.92 Å². The van der Waals surface area contributed by atoms with E-state index in [9.17, 15) is 14.0 Å². The molecule has 1 unspecified atom stereocenters. The van der Waals surface area contributed by atoms with Gasteiger partial charge in [-0.2, -0.15) is 0 Å². The monoisotopic (exact) mass is 442 g/mol. The largest absolute Gasteiger partial charge is 0.326 e. The molecule has 6 nitrogen and oxygen atoms in total. The molecule has 2 heterocycles. The van der Waals surface area contributed by atoms with Crippen molar-refractivity contribution in [3.63, 3.8) is 0 Å². The van der Waals surface area contributed by atoms with Gasteiger partial charge in [-0.3, -0.25) is 9.59 Å². The predicted octanol–water partition coefficient (Wildman–Crippen LogP) is 3.77. The number of carbonyl (C=O) groups is 2. The lowest BCUT2D eigenvalue weighted by Gasteiger charge is -2.17. The van der Waals surface area contributed by atoms with Crippen LogP contribution < -0.4 is 10.2 Å². The number of carbonyl (C=O) groups excluding carboxylic acids is 2. The van der Waals surface area contributed by atoms with Crippen LogP contribution in [-0.2, 0) is 9.59 Å². The lowest BCUT2D eigenvalue weighted by molar-refractivity contribution is -0.122. The summed E-state index contributed by atoms with van der Waals surface area (Å²) in [6, 6.07) is 11.8. The van der Waals surface area contributed by atoms with E-state index in [1.807, 2.05) is 24.3 Å². The number of amides is 2. The Morgan fingerprint density at radius 2 is 2.11 bits per heavy atom. The topological polar surface area (TPSA) is 67.2 Å². The molecule has 28 heavy (non-hydrogen) atoms. The van der Waals surface area contributed by atoms with Gasteiger partial charge >= 0.3 is 0 Å². The molecule has 3 aromatic rings. The third kappa shape index (κ3) is 3.68. The maximum absolute atomic E-state index is 14.4. The van der Waals surface area contributed by atoms with Crippen LogP contribution >= 0.6 is 15.9 Å². The molecule has 1 atom stereocenters. The summed E-state index contributed by atoms with van der Waals surface area (Å²) in [5, 5.41) is 2.71. The molecule has 2 amide bonds. The van der Waals surface area contributed by atoms with Crippen molar-refractivity contribution in [2.75, 3.05) is 16.8 Å². The Hall–Kier alpha value is -3.00. The zero-order valence-electron chi connectivity index (χ0n) is 14.7. The van der Waals surface area contributed by atoms with Crippen LogP contribution in [0.4, 0.5) is 15.8 Å². The van der Waals surface area contributed by atoms with Gasteiger partial charge in [-0.05, 0) is 36.4 Å². The molecule has 1 aromatic heterocycles. The van der Waals surface area contributed by atoms with Gasteiger partial charge in [0.2, 0.25) is 11.8 Å². The molecule has 1 N–H and O–H groups in total. The standard InChI is InChI=1S/C20H16BrFN4O2/c21-14-2-1-3-16(9-14)26-11-13(8-19(26)27)20(28)24-15-4-5-18(17(22)10-15)25-7-6-23-12-25/h1-7,9-10,12-13H,8,11H2,(H,24,28). The van der Waals surface area contributed by atoms with Crippen LogP contribution in [0.25, 0.3) is 5.69 Å². The zero-order valence-corrected chi connectivity index (χ0v) is 16.3. The lowest BCUT2D eigenvalue weighted by atomic mass is 10.1. The summed E-state index contributed by atoms with van der Waals surface area (Å²) in [4.78, 5) is 30.4. The molecule has 4 rings (SSSR count). The highest BCUT2D eigenvalue weighted by Crippen LogP contribution is 2.28. The number of nitrogens with one attached hydrogen (secondary N) is 1. The van der Waals surface area contributed by atoms with E-state index in [4.69, 9.17) is 0 Å². The average Bonchev–Trinajstić information content (AvgIpc) is 3.32. The highest BCUT2D eigenvalue weighted by atomic mass is 79.9. The molecule has 0 aliphatic carbocycles. The van der Waals surface area contributed by atoms with E-state index in [-0.39, 0.29) is 24.8 Å². The number of hydrogen-bond donors (Lipinski definition) is 1. The van der Waals surface area contributed by atoms with Gasteiger partial charge < -0.3 is 14.8 Å². The fourth-order valence-corrected chi connectivity index (χ4v) is 3.60. The normalized spacial score (nSPS) is 16.4. The maximum atomic E-state index is 14.4. The van der Waals surface area contributed by atoms with E-state index < -0.39 is 11.7 Å². The van der Waals surface area contributed by atoms with E-state index in [0.29, 0.717) is 11.4 Å². The average molecular weight is 443 g/mol. The third-order valence-corrected chi connectivity index (χ3v) is 5.11. The second-order valence-corrected chi connectivity index (χ2v) is 7.43. The lowest BCUT2D eigenvalue weighted by Crippen LogP contribution is -2.28. The van der Waals surface area contributed by atoms with Crippen molar-refractivity contribution < 1.29 is 14.0 Å². The van der Waals surface area contributed by atoms with E-state index in [2.05, 4.69) is 26.2 Å². The van der Waals surface area contributed by atoms with Crippen LogP contribution in [0.2, 0.25) is 0 Å². The summed E-state index contributed by atoms with van der Waals surface area (Å²) < 4.78 is 16.8. The number of benzene rings is 2. The van der Waals surface area contributed by atoms with Crippen molar-refractivity contribution in [1.82, 2.24) is 9.55 Å². The predicted molar refractivity (Wildman–Crippen MR) is 107 cm³/mol. The Morgan fingerprint density at radius 3 is 2.82 bits per heavy atom. The van der Waals surface area contributed by atoms with Gasteiger partial charge in [-0.25, -0.2) is 9.37 Å². The summed E-state index contributed by atoms with van der Waals surface area (Å²) in [5.41, 5.74) is 1.43. The minimum atomic E-state index is -0.497. The summed E-state index contributed by atoms with van der Waals surface area (Å²) in [5.74, 6) is -1.39. The van der Waals surface area contributed by atoms with Gasteiger partial charge in [0.15, 0.2) is 0 Å². The molecule has 1 aliphatic rings. The van der Waals surface area contributed by atoms with E-state index in [1.54, 1.807) is 34.0 Å². The van der Waals surface area contributed by atoms with E-state index >= 15 is 0 Å². The number of imidazole rings is 1. The van der Waals surface area contributed by atoms with Crippen molar-refractivity contribution in [1.29, 1.82) is 0 Å². The van der Waals surface area contributed by atoms with Gasteiger partial charge in [0, 0.05) is 41.2 Å². The van der Waals surface area contributed by atoms with E-state index in [1.165, 1.54) is 12.4 Å². The summed E-state index contributed by atoms with van der Waals surface area (Å²) >= 11 is 3.39. The van der Waals surface area contributed by atoms with E-state index in [0.717, 1.165) is 10.2 Å². The Labute approximate surface area is 169 Å². The van der Waals surface area contributed by atoms with Crippen LogP contribution in [0.1, 0.15) is 6.42 Å². The summed E-state index contributed by atoms with van der Waals surface area (Å²) in [7, 11) is 0. The molecule has 1 fully saturated rings. The molecule has 8 heteroatoms. The Bertz CT molecular complexity index is 1040. The molecule has 0 bridgehead atoms. The zero-order chi connectivity index (χ0) is 19.7. The van der Waals surface area contributed by atoms with Crippen LogP contribution in [0, 0.1) is 11.7 Å². The second kappa shape index (κ2) is 7.55. The first kappa shape index (κ1) is 18.4. The van der Waals surface area contributed by atoms with Gasteiger partial charge in [0.05, 0.1) is 17.9 Å². The Balaban J connectivity index is 1.46. The van der Waals surface area contributed by atoms with Gasteiger partial charge in [-0.15, -0.1) is 0 Å². The first-order valence-corrected chi connectivity index (χ1v) is 9.45. The number of rotatable bonds is 4. The fourth-order valence-electron chi connectivity index (χ4n) is 3.22. The number of anilines is 2. The number of halogens is 2. The minimum Gasteiger partial charge on any atom is -0.326 e. The first-order chi connectivity index (χ1) is 13.5. The third-order valence-electron chi connectivity index (χ3n) is 4.61. The Kier molecular flexibility index (Phi) is 4.95. The molecule has 1 saturated heterocycles. The number of hydrogen-bond acceptors (Lipinski definition) is 3. The second-order valence-electron chi connectivity index (χ2n) is 6.51. The van der Waals surface area contributed by atoms with Crippen LogP contribution in [0.3, 0.4) is 0 Å². The molecule has 0 saturated carbocycles. The Morgan fingerprint density at radius 1 is 1.25 bits per heavy atom. The maximum Gasteiger partial charge on any atom is 0.229 e. The van der Waals surface area contributed by atoms with Crippen LogP contribution in [0.15, 0.2) is 65.7 Å². The van der Waals surface area contributed by atoms with Crippen molar-refractivity contribution >= 4 is 39.1 Å².